The van der Waals surface area contributed by atoms with Gasteiger partial charge in [0, 0.05) is 11.6 Å². The second-order valence-electron chi connectivity index (χ2n) is 4.15. The summed E-state index contributed by atoms with van der Waals surface area (Å²) in [6.45, 7) is 3.79. The normalized spacial score (nSPS) is 11.3. The Balaban J connectivity index is 2.33. The molecule has 7 heteroatoms. The molecule has 0 fully saturated rings. The molecule has 2 rings (SSSR count). The van der Waals surface area contributed by atoms with Crippen LogP contribution in [0.5, 0.6) is 0 Å². The summed E-state index contributed by atoms with van der Waals surface area (Å²) in [5, 5.41) is 14.7. The maximum Gasteiger partial charge on any atom is 0.339 e. The summed E-state index contributed by atoms with van der Waals surface area (Å²) < 4.78 is 3.74. The summed E-state index contributed by atoms with van der Waals surface area (Å²) in [4.78, 5) is 19.4. The molecule has 19 heavy (non-hydrogen) atoms. The van der Waals surface area contributed by atoms with Crippen LogP contribution in [-0.4, -0.2) is 30.6 Å². The second kappa shape index (κ2) is 5.66. The average Bonchev–Trinajstić information content (AvgIpc) is 2.88. The molecule has 0 bridgehead atoms. The lowest BCUT2D eigenvalue weighted by Gasteiger charge is -2.08. The van der Waals surface area contributed by atoms with E-state index in [0.29, 0.717) is 11.5 Å². The molecule has 0 aliphatic heterocycles. The van der Waals surface area contributed by atoms with Gasteiger partial charge < -0.3 is 5.11 Å². The lowest BCUT2D eigenvalue weighted by molar-refractivity contribution is 0.0694. The van der Waals surface area contributed by atoms with Gasteiger partial charge >= 0.3 is 5.97 Å². The van der Waals surface area contributed by atoms with Crippen molar-refractivity contribution in [1.29, 1.82) is 0 Å². The van der Waals surface area contributed by atoms with E-state index in [4.69, 9.17) is 5.11 Å². The van der Waals surface area contributed by atoms with Crippen LogP contribution in [-0.2, 0) is 0 Å². The van der Waals surface area contributed by atoms with E-state index in [0.717, 1.165) is 5.69 Å². The molecular weight excluding hydrogens is 264 g/mol. The van der Waals surface area contributed by atoms with Crippen molar-refractivity contribution in [3.8, 4) is 0 Å². The summed E-state index contributed by atoms with van der Waals surface area (Å²) in [7, 11) is 0. The van der Waals surface area contributed by atoms with Gasteiger partial charge in [-0.25, -0.2) is 14.8 Å². The quantitative estimate of drug-likeness (QED) is 0.921. The van der Waals surface area contributed by atoms with Crippen LogP contribution in [0.2, 0.25) is 0 Å². The number of hydrogen-bond donors (Lipinski definition) is 1. The predicted octanol–water partition coefficient (Wildman–Crippen LogP) is 2.32. The maximum atomic E-state index is 11.1. The van der Waals surface area contributed by atoms with Crippen LogP contribution < -0.4 is 0 Å². The molecule has 0 atom stereocenters. The van der Waals surface area contributed by atoms with Crippen molar-refractivity contribution >= 4 is 29.7 Å². The molecule has 2 heterocycles. The third kappa shape index (κ3) is 3.19. The lowest BCUT2D eigenvalue weighted by atomic mass is 10.1. The molecular formula is C12H12N4O2S. The number of hydrogen-bond acceptors (Lipinski definition) is 6. The lowest BCUT2D eigenvalue weighted by Crippen LogP contribution is -2.08. The number of rotatable bonds is 4. The summed E-state index contributed by atoms with van der Waals surface area (Å²) in [5.74, 6) is -0.535. The second-order valence-corrected chi connectivity index (χ2v) is 4.76. The van der Waals surface area contributed by atoms with E-state index < -0.39 is 5.97 Å². The smallest absolute Gasteiger partial charge is 0.339 e. The van der Waals surface area contributed by atoms with Crippen molar-refractivity contribution < 1.29 is 9.90 Å². The molecule has 0 unspecified atom stereocenters. The van der Waals surface area contributed by atoms with Crippen molar-refractivity contribution in [1.82, 2.24) is 19.6 Å². The molecule has 0 amide bonds. The summed E-state index contributed by atoms with van der Waals surface area (Å²) >= 11 is 1.26. The highest BCUT2D eigenvalue weighted by atomic mass is 32.1. The zero-order chi connectivity index (χ0) is 13.8. The topological polar surface area (TPSA) is 88.9 Å². The third-order valence-corrected chi connectivity index (χ3v) is 2.92. The molecule has 98 valence electrons. The fraction of sp³-hybridized carbons (Fsp3) is 0.250. The molecule has 0 spiro atoms. The number of carbonyl (C=O) groups is 1. The third-order valence-electron chi connectivity index (χ3n) is 2.39. The fourth-order valence-corrected chi connectivity index (χ4v) is 1.92. The van der Waals surface area contributed by atoms with E-state index in [1.165, 1.54) is 17.7 Å². The van der Waals surface area contributed by atoms with Crippen molar-refractivity contribution in [2.45, 2.75) is 19.8 Å². The first-order valence-electron chi connectivity index (χ1n) is 5.63. The van der Waals surface area contributed by atoms with Gasteiger partial charge in [-0.05, 0) is 29.6 Å². The summed E-state index contributed by atoms with van der Waals surface area (Å²) in [5.41, 5.74) is 1.39. The molecule has 0 saturated heterocycles. The highest BCUT2D eigenvalue weighted by molar-refractivity contribution is 7.03. The molecule has 0 radical (unpaired) electrons. The van der Waals surface area contributed by atoms with Gasteiger partial charge in [-0.1, -0.05) is 18.3 Å². The van der Waals surface area contributed by atoms with Gasteiger partial charge in [0.25, 0.3) is 0 Å². The van der Waals surface area contributed by atoms with Crippen LogP contribution in [0.3, 0.4) is 0 Å². The Labute approximate surface area is 114 Å². The van der Waals surface area contributed by atoms with E-state index in [9.17, 15) is 4.79 Å². The van der Waals surface area contributed by atoms with Crippen molar-refractivity contribution in [3.05, 3.63) is 34.4 Å². The van der Waals surface area contributed by atoms with E-state index in [2.05, 4.69) is 19.6 Å². The van der Waals surface area contributed by atoms with Crippen molar-refractivity contribution in [3.63, 3.8) is 0 Å². The summed E-state index contributed by atoms with van der Waals surface area (Å²) in [6.07, 6.45) is 4.77. The maximum absolute atomic E-state index is 11.1. The van der Waals surface area contributed by atoms with Gasteiger partial charge in [0.05, 0.1) is 17.0 Å². The minimum atomic E-state index is -1.01. The zero-order valence-corrected chi connectivity index (χ0v) is 11.3. The molecule has 0 aliphatic rings. The minimum absolute atomic E-state index is 0.0159. The van der Waals surface area contributed by atoms with Crippen LogP contribution in [0.25, 0.3) is 12.2 Å². The Hall–Kier alpha value is -2.15. The van der Waals surface area contributed by atoms with Gasteiger partial charge in [0.1, 0.15) is 0 Å². The number of carboxylic acids is 1. The van der Waals surface area contributed by atoms with Crippen molar-refractivity contribution in [2.24, 2.45) is 0 Å². The molecule has 2 aromatic heterocycles. The minimum Gasteiger partial charge on any atom is -0.478 e. The number of carboxylic acid groups (broad SMARTS) is 1. The first kappa shape index (κ1) is 13.3. The Morgan fingerprint density at radius 1 is 1.42 bits per heavy atom. The molecule has 6 nitrogen and oxygen atoms in total. The van der Waals surface area contributed by atoms with E-state index in [1.807, 2.05) is 13.8 Å². The summed E-state index contributed by atoms with van der Waals surface area (Å²) in [6, 6.07) is 0. The largest absolute Gasteiger partial charge is 0.478 e. The first-order chi connectivity index (χ1) is 9.08. The van der Waals surface area contributed by atoms with E-state index in [-0.39, 0.29) is 11.5 Å². The molecule has 0 aliphatic carbocycles. The van der Waals surface area contributed by atoms with Crippen LogP contribution in [0.4, 0.5) is 0 Å². The molecule has 2 aromatic rings. The van der Waals surface area contributed by atoms with E-state index in [1.54, 1.807) is 17.5 Å². The highest BCUT2D eigenvalue weighted by Gasteiger charge is 2.15. The Kier molecular flexibility index (Phi) is 3.96. The van der Waals surface area contributed by atoms with Gasteiger partial charge in [-0.2, -0.15) is 0 Å². The highest BCUT2D eigenvalue weighted by Crippen LogP contribution is 2.17. The molecule has 0 saturated carbocycles. The van der Waals surface area contributed by atoms with Crippen LogP contribution >= 0.6 is 11.5 Å². The zero-order valence-electron chi connectivity index (χ0n) is 10.4. The Morgan fingerprint density at radius 3 is 2.79 bits per heavy atom. The fourth-order valence-electron chi connectivity index (χ4n) is 1.50. The molecule has 0 aromatic carbocycles. The van der Waals surface area contributed by atoms with Crippen LogP contribution in [0.1, 0.15) is 47.3 Å². The van der Waals surface area contributed by atoms with Gasteiger partial charge in [-0.3, -0.25) is 0 Å². The van der Waals surface area contributed by atoms with Crippen LogP contribution in [0, 0.1) is 0 Å². The van der Waals surface area contributed by atoms with Gasteiger partial charge in [0.15, 0.2) is 5.82 Å². The van der Waals surface area contributed by atoms with Gasteiger partial charge in [0.2, 0.25) is 0 Å². The first-order valence-corrected chi connectivity index (χ1v) is 6.47. The standard InChI is InChI=1S/C12H12N4O2S/c1-7(2)11-9(12(17)18)5-13-10(14-11)4-3-8-6-19-16-15-8/h3-7H,1-2H3,(H,17,18)/b4-3+. The van der Waals surface area contributed by atoms with Gasteiger partial charge in [-0.15, -0.1) is 5.10 Å². The number of nitrogens with zero attached hydrogens (tertiary/aromatic N) is 4. The Morgan fingerprint density at radius 2 is 2.21 bits per heavy atom. The number of aromatic carboxylic acids is 1. The SMILES string of the molecule is CC(C)c1nc(/C=C/c2csnn2)ncc1C(=O)O. The van der Waals surface area contributed by atoms with Crippen molar-refractivity contribution in [2.75, 3.05) is 0 Å². The monoisotopic (exact) mass is 276 g/mol. The predicted molar refractivity (Wildman–Crippen MR) is 71.9 cm³/mol. The Bertz CT molecular complexity index is 608. The van der Waals surface area contributed by atoms with E-state index >= 15 is 0 Å². The van der Waals surface area contributed by atoms with Crippen LogP contribution in [0.15, 0.2) is 11.6 Å². The molecule has 1 N–H and O–H groups in total. The number of aromatic nitrogens is 4. The average molecular weight is 276 g/mol.